The van der Waals surface area contributed by atoms with Crippen molar-refractivity contribution >= 4 is 22.6 Å². The molecule has 1 fully saturated rings. The Morgan fingerprint density at radius 2 is 1.76 bits per heavy atom. The van der Waals surface area contributed by atoms with Crippen molar-refractivity contribution in [3.63, 3.8) is 0 Å². The van der Waals surface area contributed by atoms with Crippen LogP contribution in [-0.2, 0) is 25.5 Å². The van der Waals surface area contributed by atoms with Gasteiger partial charge in [-0.25, -0.2) is 0 Å². The second-order valence-corrected chi connectivity index (χ2v) is 10.3. The zero-order valence-corrected chi connectivity index (χ0v) is 23.0. The number of ether oxygens (including phenoxy) is 3. The Balaban J connectivity index is 1.72. The van der Waals surface area contributed by atoms with Gasteiger partial charge < -0.3 is 24.1 Å². The molecule has 2 aromatic carbocycles. The Bertz CT molecular complexity index is 1230. The van der Waals surface area contributed by atoms with Gasteiger partial charge in [0.25, 0.3) is 0 Å². The third-order valence-electron chi connectivity index (χ3n) is 7.77. The zero-order chi connectivity index (χ0) is 27.1. The van der Waals surface area contributed by atoms with E-state index in [0.717, 1.165) is 59.0 Å². The molecule has 1 atom stereocenters. The topological polar surface area (TPSA) is 80.9 Å². The van der Waals surface area contributed by atoms with Crippen LogP contribution >= 0.6 is 0 Å². The number of amides is 1. The minimum atomic E-state index is -0.743. The second kappa shape index (κ2) is 13.1. The van der Waals surface area contributed by atoms with E-state index < -0.39 is 12.3 Å². The van der Waals surface area contributed by atoms with Crippen molar-refractivity contribution in [3.8, 4) is 5.75 Å². The van der Waals surface area contributed by atoms with E-state index in [0.29, 0.717) is 12.3 Å². The number of benzene rings is 2. The minimum absolute atomic E-state index is 0.0553. The standard InChI is InChI=1S/C31H40N2O5/c1-21-16-23(14-15-28(21)36-2)31(27(34)17-22-10-6-5-7-11-22)33(20-30(37-3)38-4)29(35)18-24-19-32-26-13-9-8-12-25(24)26/h8-9,12-16,19,22,30-32H,5-7,10-11,17-18,20H2,1-4H3. The minimum Gasteiger partial charge on any atom is -0.496 e. The summed E-state index contributed by atoms with van der Waals surface area (Å²) in [6, 6.07) is 12.9. The van der Waals surface area contributed by atoms with Crippen molar-refractivity contribution in [2.45, 2.75) is 64.2 Å². The van der Waals surface area contributed by atoms with Crippen LogP contribution in [0.1, 0.15) is 61.3 Å². The van der Waals surface area contributed by atoms with Crippen LogP contribution < -0.4 is 4.74 Å². The summed E-state index contributed by atoms with van der Waals surface area (Å²) in [5.74, 6) is 1.00. The van der Waals surface area contributed by atoms with E-state index >= 15 is 0 Å². The van der Waals surface area contributed by atoms with Gasteiger partial charge in [0.2, 0.25) is 5.91 Å². The summed E-state index contributed by atoms with van der Waals surface area (Å²) in [6.45, 7) is 2.09. The highest BCUT2D eigenvalue weighted by Gasteiger charge is 2.35. The van der Waals surface area contributed by atoms with Gasteiger partial charge in [0.1, 0.15) is 11.8 Å². The molecule has 7 nitrogen and oxygen atoms in total. The van der Waals surface area contributed by atoms with Gasteiger partial charge in [-0.15, -0.1) is 0 Å². The SMILES string of the molecule is COc1ccc(C(C(=O)CC2CCCCC2)N(CC(OC)OC)C(=O)Cc2c[nH]c3ccccc23)cc1C. The zero-order valence-electron chi connectivity index (χ0n) is 23.0. The molecule has 0 saturated heterocycles. The van der Waals surface area contributed by atoms with E-state index in [1.165, 1.54) is 6.42 Å². The first-order valence-electron chi connectivity index (χ1n) is 13.5. The van der Waals surface area contributed by atoms with Crippen molar-refractivity contribution in [2.75, 3.05) is 27.9 Å². The summed E-state index contributed by atoms with van der Waals surface area (Å²) >= 11 is 0. The molecule has 1 unspecified atom stereocenters. The number of fused-ring (bicyclic) bond motifs is 1. The number of H-pyrrole nitrogens is 1. The van der Waals surface area contributed by atoms with Gasteiger partial charge in [-0.3, -0.25) is 9.59 Å². The number of aryl methyl sites for hydroxylation is 1. The molecule has 1 N–H and O–H groups in total. The maximum absolute atomic E-state index is 14.1. The van der Waals surface area contributed by atoms with Gasteiger partial charge in [0.05, 0.1) is 20.1 Å². The molecule has 1 amide bonds. The average molecular weight is 521 g/mol. The Kier molecular flexibility index (Phi) is 9.58. The molecule has 1 aliphatic rings. The number of para-hydroxylation sites is 1. The summed E-state index contributed by atoms with van der Waals surface area (Å²) in [6.07, 6.45) is 7.48. The van der Waals surface area contributed by atoms with Gasteiger partial charge in [-0.05, 0) is 47.7 Å². The van der Waals surface area contributed by atoms with E-state index in [4.69, 9.17) is 14.2 Å². The molecule has 4 rings (SSSR count). The van der Waals surface area contributed by atoms with E-state index in [2.05, 4.69) is 4.98 Å². The fourth-order valence-electron chi connectivity index (χ4n) is 5.70. The van der Waals surface area contributed by atoms with Gasteiger partial charge in [-0.2, -0.15) is 0 Å². The molecule has 3 aromatic rings. The van der Waals surface area contributed by atoms with Gasteiger partial charge in [0, 0.05) is 37.7 Å². The first-order chi connectivity index (χ1) is 18.4. The van der Waals surface area contributed by atoms with E-state index in [-0.39, 0.29) is 24.7 Å². The van der Waals surface area contributed by atoms with Crippen molar-refractivity contribution in [1.29, 1.82) is 0 Å². The maximum Gasteiger partial charge on any atom is 0.228 e. The number of methoxy groups -OCH3 is 3. The molecule has 204 valence electrons. The van der Waals surface area contributed by atoms with Crippen LogP contribution in [0.5, 0.6) is 5.75 Å². The maximum atomic E-state index is 14.1. The van der Waals surface area contributed by atoms with E-state index in [1.54, 1.807) is 26.2 Å². The summed E-state index contributed by atoms with van der Waals surface area (Å²) in [5, 5.41) is 1.00. The largest absolute Gasteiger partial charge is 0.496 e. The smallest absolute Gasteiger partial charge is 0.228 e. The molecule has 38 heavy (non-hydrogen) atoms. The number of ketones is 1. The normalized spacial score (nSPS) is 15.1. The Morgan fingerprint density at radius 3 is 2.45 bits per heavy atom. The van der Waals surface area contributed by atoms with Crippen LogP contribution in [0, 0.1) is 12.8 Å². The van der Waals surface area contributed by atoms with Crippen LogP contribution in [0.4, 0.5) is 0 Å². The van der Waals surface area contributed by atoms with Crippen molar-refractivity contribution < 1.29 is 23.8 Å². The molecule has 0 spiro atoms. The van der Waals surface area contributed by atoms with Crippen LogP contribution in [0.25, 0.3) is 10.9 Å². The predicted molar refractivity (Wildman–Crippen MR) is 148 cm³/mol. The molecule has 1 saturated carbocycles. The molecule has 0 aliphatic heterocycles. The lowest BCUT2D eigenvalue weighted by molar-refractivity contribution is -0.153. The third kappa shape index (κ3) is 6.45. The lowest BCUT2D eigenvalue weighted by Crippen LogP contribution is -2.45. The van der Waals surface area contributed by atoms with Crippen LogP contribution in [0.15, 0.2) is 48.7 Å². The summed E-state index contributed by atoms with van der Waals surface area (Å²) in [7, 11) is 4.73. The summed E-state index contributed by atoms with van der Waals surface area (Å²) in [4.78, 5) is 33.1. The van der Waals surface area contributed by atoms with Gasteiger partial charge in [0.15, 0.2) is 12.1 Å². The average Bonchev–Trinajstić information content (AvgIpc) is 3.34. The molecule has 0 radical (unpaired) electrons. The van der Waals surface area contributed by atoms with Crippen LogP contribution in [0.3, 0.4) is 0 Å². The highest BCUT2D eigenvalue weighted by atomic mass is 16.7. The molecular formula is C31H40N2O5. The number of carbonyl (C=O) groups is 2. The first-order valence-corrected chi connectivity index (χ1v) is 13.5. The van der Waals surface area contributed by atoms with E-state index in [9.17, 15) is 9.59 Å². The van der Waals surface area contributed by atoms with Crippen LogP contribution in [0.2, 0.25) is 0 Å². The molecule has 1 heterocycles. The molecular weight excluding hydrogens is 480 g/mol. The quantitative estimate of drug-likeness (QED) is 0.307. The first kappa shape index (κ1) is 27.9. The molecule has 1 aliphatic carbocycles. The highest BCUT2D eigenvalue weighted by Crippen LogP contribution is 2.33. The predicted octanol–water partition coefficient (Wildman–Crippen LogP) is 5.76. The third-order valence-corrected chi connectivity index (χ3v) is 7.77. The second-order valence-electron chi connectivity index (χ2n) is 10.3. The Labute approximate surface area is 225 Å². The van der Waals surface area contributed by atoms with Gasteiger partial charge in [-0.1, -0.05) is 56.4 Å². The number of Topliss-reactive ketones (excluding diaryl/α,β-unsaturated/α-hetero) is 1. The van der Waals surface area contributed by atoms with Crippen LogP contribution in [-0.4, -0.2) is 55.7 Å². The number of aromatic amines is 1. The lowest BCUT2D eigenvalue weighted by Gasteiger charge is -2.34. The summed E-state index contributed by atoms with van der Waals surface area (Å²) < 4.78 is 16.5. The fraction of sp³-hybridized carbons (Fsp3) is 0.484. The number of rotatable bonds is 12. The number of nitrogens with one attached hydrogen (secondary N) is 1. The monoisotopic (exact) mass is 520 g/mol. The number of nitrogens with zero attached hydrogens (tertiary/aromatic N) is 1. The summed E-state index contributed by atoms with van der Waals surface area (Å²) in [5.41, 5.74) is 3.57. The number of hydrogen-bond acceptors (Lipinski definition) is 5. The molecule has 7 heteroatoms. The fourth-order valence-corrected chi connectivity index (χ4v) is 5.70. The van der Waals surface area contributed by atoms with Crippen molar-refractivity contribution in [1.82, 2.24) is 9.88 Å². The highest BCUT2D eigenvalue weighted by molar-refractivity contribution is 5.93. The Hall–Kier alpha value is -3.16. The molecule has 1 aromatic heterocycles. The lowest BCUT2D eigenvalue weighted by atomic mass is 9.83. The van der Waals surface area contributed by atoms with Crippen molar-refractivity contribution in [3.05, 3.63) is 65.4 Å². The Morgan fingerprint density at radius 1 is 1.03 bits per heavy atom. The number of hydrogen-bond donors (Lipinski definition) is 1. The van der Waals surface area contributed by atoms with Crippen molar-refractivity contribution in [2.24, 2.45) is 5.92 Å². The van der Waals surface area contributed by atoms with E-state index in [1.807, 2.05) is 55.6 Å². The number of carbonyl (C=O) groups excluding carboxylic acids is 2. The number of aromatic nitrogens is 1. The van der Waals surface area contributed by atoms with Gasteiger partial charge >= 0.3 is 0 Å². The molecule has 0 bridgehead atoms.